The maximum Gasteiger partial charge on any atom is 0.259 e. The van der Waals surface area contributed by atoms with Gasteiger partial charge in [-0.1, -0.05) is 0 Å². The molecule has 0 N–H and O–H groups in total. The number of rotatable bonds is 5. The van der Waals surface area contributed by atoms with E-state index in [9.17, 15) is 8.42 Å². The number of aryl methyl sites for hydroxylation is 1. The van der Waals surface area contributed by atoms with Crippen molar-refractivity contribution in [2.75, 3.05) is 13.6 Å². The average molecular weight is 266 g/mol. The van der Waals surface area contributed by atoms with Gasteiger partial charge in [-0.15, -0.1) is 11.6 Å². The maximum atomic E-state index is 12.0. The molecule has 1 unspecified atom stereocenters. The van der Waals surface area contributed by atoms with E-state index in [0.29, 0.717) is 13.0 Å². The molecular formula is C9H16ClN3O2S. The Balaban J connectivity index is 2.83. The minimum Gasteiger partial charge on any atom is -0.256 e. The molecule has 0 aliphatic heterocycles. The van der Waals surface area contributed by atoms with Crippen molar-refractivity contribution in [3.05, 3.63) is 12.3 Å². The summed E-state index contributed by atoms with van der Waals surface area (Å²) in [5, 5.41) is 4.00. The van der Waals surface area contributed by atoms with Crippen molar-refractivity contribution in [2.24, 2.45) is 7.05 Å². The van der Waals surface area contributed by atoms with Crippen molar-refractivity contribution < 1.29 is 8.42 Å². The standard InChI is InChI=1S/C9H16ClN3O2S/c1-8(10)5-7-12(2)16(14,15)9-4-6-11-13(9)3/h4,6,8H,5,7H2,1-3H3. The first-order chi connectivity index (χ1) is 7.35. The Hall–Kier alpha value is -0.590. The summed E-state index contributed by atoms with van der Waals surface area (Å²) in [6.07, 6.45) is 2.08. The van der Waals surface area contributed by atoms with Gasteiger partial charge in [0, 0.05) is 26.0 Å². The van der Waals surface area contributed by atoms with E-state index in [1.54, 1.807) is 14.1 Å². The summed E-state index contributed by atoms with van der Waals surface area (Å²) in [5.41, 5.74) is 0. The van der Waals surface area contributed by atoms with Gasteiger partial charge in [0.1, 0.15) is 0 Å². The predicted octanol–water partition coefficient (Wildman–Crippen LogP) is 1.06. The van der Waals surface area contributed by atoms with Crippen molar-refractivity contribution in [1.82, 2.24) is 14.1 Å². The molecule has 1 atom stereocenters. The van der Waals surface area contributed by atoms with Gasteiger partial charge in [0.2, 0.25) is 0 Å². The summed E-state index contributed by atoms with van der Waals surface area (Å²) in [6, 6.07) is 1.48. The second kappa shape index (κ2) is 5.16. The van der Waals surface area contributed by atoms with Crippen LogP contribution >= 0.6 is 11.6 Å². The highest BCUT2D eigenvalue weighted by Gasteiger charge is 2.23. The molecule has 7 heteroatoms. The molecule has 1 heterocycles. The van der Waals surface area contributed by atoms with Crippen LogP contribution in [0.25, 0.3) is 0 Å². The lowest BCUT2D eigenvalue weighted by molar-refractivity contribution is 0.452. The highest BCUT2D eigenvalue weighted by atomic mass is 35.5. The number of hydrogen-bond donors (Lipinski definition) is 0. The quantitative estimate of drug-likeness (QED) is 0.748. The Labute approximate surface area is 101 Å². The molecule has 1 rings (SSSR count). The Morgan fingerprint density at radius 1 is 1.62 bits per heavy atom. The van der Waals surface area contributed by atoms with E-state index < -0.39 is 10.0 Å². The van der Waals surface area contributed by atoms with E-state index in [-0.39, 0.29) is 10.4 Å². The Kier molecular flexibility index (Phi) is 4.35. The second-order valence-electron chi connectivity index (χ2n) is 3.69. The fraction of sp³-hybridized carbons (Fsp3) is 0.667. The number of nitrogens with zero attached hydrogens (tertiary/aromatic N) is 3. The van der Waals surface area contributed by atoms with Gasteiger partial charge in [0.25, 0.3) is 10.0 Å². The molecule has 0 aromatic carbocycles. The van der Waals surface area contributed by atoms with Crippen molar-refractivity contribution in [3.63, 3.8) is 0 Å². The van der Waals surface area contributed by atoms with Crippen LogP contribution in [0.15, 0.2) is 17.3 Å². The van der Waals surface area contributed by atoms with Gasteiger partial charge in [-0.3, -0.25) is 4.68 Å². The van der Waals surface area contributed by atoms with E-state index >= 15 is 0 Å². The van der Waals surface area contributed by atoms with Crippen LogP contribution in [0.3, 0.4) is 0 Å². The van der Waals surface area contributed by atoms with E-state index in [2.05, 4.69) is 5.10 Å². The number of alkyl halides is 1. The van der Waals surface area contributed by atoms with E-state index in [1.807, 2.05) is 6.92 Å². The van der Waals surface area contributed by atoms with Crippen LogP contribution in [0.1, 0.15) is 13.3 Å². The zero-order chi connectivity index (χ0) is 12.3. The highest BCUT2D eigenvalue weighted by molar-refractivity contribution is 7.89. The van der Waals surface area contributed by atoms with Gasteiger partial charge >= 0.3 is 0 Å². The molecule has 0 fully saturated rings. The molecule has 0 aliphatic carbocycles. The van der Waals surface area contributed by atoms with Gasteiger partial charge in [0.05, 0.1) is 6.20 Å². The first kappa shape index (κ1) is 13.5. The van der Waals surface area contributed by atoms with Crippen molar-refractivity contribution >= 4 is 21.6 Å². The molecule has 0 saturated heterocycles. The maximum absolute atomic E-state index is 12.0. The third kappa shape index (κ3) is 2.96. The smallest absolute Gasteiger partial charge is 0.256 e. The van der Waals surface area contributed by atoms with Crippen LogP contribution in [-0.2, 0) is 17.1 Å². The Morgan fingerprint density at radius 2 is 2.25 bits per heavy atom. The highest BCUT2D eigenvalue weighted by Crippen LogP contribution is 2.13. The summed E-state index contributed by atoms with van der Waals surface area (Å²) < 4.78 is 26.7. The minimum absolute atomic E-state index is 0.0378. The van der Waals surface area contributed by atoms with E-state index in [1.165, 1.54) is 21.3 Å². The molecule has 0 radical (unpaired) electrons. The topological polar surface area (TPSA) is 55.2 Å². The molecule has 0 bridgehead atoms. The molecule has 5 nitrogen and oxygen atoms in total. The van der Waals surface area contributed by atoms with Crippen LogP contribution < -0.4 is 0 Å². The number of hydrogen-bond acceptors (Lipinski definition) is 3. The molecule has 1 aromatic rings. The first-order valence-corrected chi connectivity index (χ1v) is 6.81. The SMILES string of the molecule is CC(Cl)CCN(C)S(=O)(=O)c1ccnn1C. The van der Waals surface area contributed by atoms with Crippen LogP contribution in [0.5, 0.6) is 0 Å². The molecule has 0 spiro atoms. The summed E-state index contributed by atoms with van der Waals surface area (Å²) in [7, 11) is -0.301. The van der Waals surface area contributed by atoms with Gasteiger partial charge < -0.3 is 0 Å². The summed E-state index contributed by atoms with van der Waals surface area (Å²) >= 11 is 5.79. The lowest BCUT2D eigenvalue weighted by atomic mass is 10.3. The third-order valence-electron chi connectivity index (χ3n) is 2.29. The number of halogens is 1. The van der Waals surface area contributed by atoms with Crippen LogP contribution in [-0.4, -0.2) is 41.5 Å². The molecule has 16 heavy (non-hydrogen) atoms. The van der Waals surface area contributed by atoms with Gasteiger partial charge in [-0.25, -0.2) is 8.42 Å². The number of aromatic nitrogens is 2. The summed E-state index contributed by atoms with van der Waals surface area (Å²) in [5.74, 6) is 0. The molecule has 0 amide bonds. The molecule has 92 valence electrons. The number of sulfonamides is 1. The predicted molar refractivity (Wildman–Crippen MR) is 63.0 cm³/mol. The normalized spacial score (nSPS) is 14.3. The molecular weight excluding hydrogens is 250 g/mol. The van der Waals surface area contributed by atoms with Gasteiger partial charge in [-0.2, -0.15) is 9.40 Å². The zero-order valence-electron chi connectivity index (χ0n) is 9.59. The van der Waals surface area contributed by atoms with E-state index in [0.717, 1.165) is 0 Å². The van der Waals surface area contributed by atoms with Crippen molar-refractivity contribution in [3.8, 4) is 0 Å². The van der Waals surface area contributed by atoms with E-state index in [4.69, 9.17) is 11.6 Å². The Bertz CT molecular complexity index is 441. The van der Waals surface area contributed by atoms with Crippen LogP contribution in [0.4, 0.5) is 0 Å². The lowest BCUT2D eigenvalue weighted by Crippen LogP contribution is -2.30. The van der Waals surface area contributed by atoms with Crippen molar-refractivity contribution in [2.45, 2.75) is 23.7 Å². The summed E-state index contributed by atoms with van der Waals surface area (Å²) in [4.78, 5) is 0. The zero-order valence-corrected chi connectivity index (χ0v) is 11.2. The third-order valence-corrected chi connectivity index (χ3v) is 4.44. The van der Waals surface area contributed by atoms with Gasteiger partial charge in [0.15, 0.2) is 5.03 Å². The molecule has 0 saturated carbocycles. The Morgan fingerprint density at radius 3 is 2.69 bits per heavy atom. The summed E-state index contributed by atoms with van der Waals surface area (Å²) in [6.45, 7) is 2.24. The van der Waals surface area contributed by atoms with Gasteiger partial charge in [-0.05, 0) is 19.4 Å². The average Bonchev–Trinajstić information content (AvgIpc) is 2.61. The minimum atomic E-state index is -3.45. The lowest BCUT2D eigenvalue weighted by Gasteiger charge is -2.17. The first-order valence-electron chi connectivity index (χ1n) is 4.94. The van der Waals surface area contributed by atoms with Crippen LogP contribution in [0, 0.1) is 0 Å². The fourth-order valence-electron chi connectivity index (χ4n) is 1.25. The molecule has 1 aromatic heterocycles. The molecule has 0 aliphatic rings. The van der Waals surface area contributed by atoms with Crippen molar-refractivity contribution in [1.29, 1.82) is 0 Å². The monoisotopic (exact) mass is 265 g/mol. The second-order valence-corrected chi connectivity index (χ2v) is 6.43. The van der Waals surface area contributed by atoms with Crippen LogP contribution in [0.2, 0.25) is 0 Å². The fourth-order valence-corrected chi connectivity index (χ4v) is 2.63. The largest absolute Gasteiger partial charge is 0.259 e.